The van der Waals surface area contributed by atoms with E-state index in [1.807, 2.05) is 72.8 Å². The molecule has 16 nitrogen and oxygen atoms in total. The molecular formula is C50H54BrN5O11S. The highest BCUT2D eigenvalue weighted by Gasteiger charge is 2.55. The Kier molecular flexibility index (Phi) is 16.1. The molecule has 3 aliphatic rings. The van der Waals surface area contributed by atoms with Gasteiger partial charge in [-0.3, -0.25) is 19.3 Å². The third kappa shape index (κ3) is 12.7. The number of esters is 1. The Labute approximate surface area is 409 Å². The number of likely N-dealkylation sites (tertiary alicyclic amines) is 1. The summed E-state index contributed by atoms with van der Waals surface area (Å²) < 4.78 is 29.2. The normalized spacial score (nSPS) is 17.4. The molecule has 1 aromatic heterocycles. The molecule has 4 heterocycles. The molecular weight excluding hydrogens is 959 g/mol. The highest BCUT2D eigenvalue weighted by Crippen LogP contribution is 2.43. The topological polar surface area (TPSA) is 183 Å². The van der Waals surface area contributed by atoms with E-state index in [9.17, 15) is 28.8 Å². The number of anilines is 1. The number of halogens is 1. The van der Waals surface area contributed by atoms with Gasteiger partial charge in [0.2, 0.25) is 12.5 Å². The molecule has 0 bridgehead atoms. The third-order valence-corrected chi connectivity index (χ3v) is 11.8. The quantitative estimate of drug-likeness (QED) is 0.0492. The first kappa shape index (κ1) is 50.7. The van der Waals surface area contributed by atoms with Gasteiger partial charge in [0.05, 0.1) is 7.11 Å². The maximum atomic E-state index is 14.5. The largest absolute Gasteiger partial charge is 1.00 e. The average molecular weight is 1010 g/mol. The number of pyridine rings is 1. The molecule has 2 N–H and O–H groups in total. The summed E-state index contributed by atoms with van der Waals surface area (Å²) in [5, 5.41) is 4.88. The lowest BCUT2D eigenvalue weighted by molar-refractivity contribution is -0.684. The number of hydrogen-bond acceptors (Lipinski definition) is 12. The summed E-state index contributed by atoms with van der Waals surface area (Å²) in [4.78, 5) is 83.3. The van der Waals surface area contributed by atoms with Crippen molar-refractivity contribution >= 4 is 53.4 Å². The van der Waals surface area contributed by atoms with Crippen molar-refractivity contribution in [2.24, 2.45) is 0 Å². The maximum Gasteiger partial charge on any atom is 0.514 e. The van der Waals surface area contributed by atoms with Crippen LogP contribution in [0.4, 0.5) is 15.3 Å². The smallest absolute Gasteiger partial charge is 0.514 e. The van der Waals surface area contributed by atoms with Crippen molar-refractivity contribution in [2.45, 2.75) is 89.8 Å². The number of thioether (sulfide) groups is 1. The Morgan fingerprint density at radius 1 is 0.853 bits per heavy atom. The molecule has 2 fully saturated rings. The number of alkyl carbamates (subject to hydrolysis) is 1. The van der Waals surface area contributed by atoms with E-state index in [-0.39, 0.29) is 58.3 Å². The molecule has 7 rings (SSSR count). The van der Waals surface area contributed by atoms with Crippen molar-refractivity contribution in [1.29, 1.82) is 0 Å². The summed E-state index contributed by atoms with van der Waals surface area (Å²) in [6.45, 7) is 11.1. The number of methoxy groups -OCH3 is 1. The van der Waals surface area contributed by atoms with Crippen molar-refractivity contribution in [3.63, 3.8) is 0 Å². The highest BCUT2D eigenvalue weighted by atomic mass is 79.9. The predicted molar refractivity (Wildman–Crippen MR) is 247 cm³/mol. The summed E-state index contributed by atoms with van der Waals surface area (Å²) in [6.07, 6.45) is 3.16. The Morgan fingerprint density at radius 2 is 1.49 bits per heavy atom. The minimum atomic E-state index is -0.936. The SMILES string of the molecule is COc1cc(NC(=O)C[n+]2ccc(CN3CCC(=CC4=C(C(=O)OC(c5ccccc5)c5ccccc5)N5C(=O)C(NC(=O)OC(C)(C)C)C5SC4)C3=O)cc2)ccc1OC(=O)OC(C)(C)C.[Br-]. The molecule has 18 heteroatoms. The lowest BCUT2D eigenvalue weighted by Crippen LogP contribution is -3.00. The van der Waals surface area contributed by atoms with E-state index in [1.54, 1.807) is 75.5 Å². The van der Waals surface area contributed by atoms with Crippen molar-refractivity contribution in [3.8, 4) is 11.5 Å². The minimum absolute atomic E-state index is 0. The van der Waals surface area contributed by atoms with Crippen LogP contribution in [0.5, 0.6) is 11.5 Å². The number of allylic oxidation sites excluding steroid dienone is 1. The van der Waals surface area contributed by atoms with Crippen LogP contribution >= 0.6 is 11.8 Å². The van der Waals surface area contributed by atoms with E-state index in [0.717, 1.165) is 16.7 Å². The minimum Gasteiger partial charge on any atom is -1.00 e. The molecule has 0 aliphatic carbocycles. The Bertz CT molecular complexity index is 2560. The summed E-state index contributed by atoms with van der Waals surface area (Å²) in [5.74, 6) is -1.15. The second-order valence-corrected chi connectivity index (χ2v) is 19.1. The number of β-lactam (4-membered cyclic amide) rings is 1. The molecule has 358 valence electrons. The van der Waals surface area contributed by atoms with Crippen LogP contribution < -0.4 is 41.7 Å². The van der Waals surface area contributed by atoms with Crippen LogP contribution in [0, 0.1) is 0 Å². The predicted octanol–water partition coefficient (Wildman–Crippen LogP) is 3.99. The average Bonchev–Trinajstić information content (AvgIpc) is 3.61. The zero-order valence-electron chi connectivity index (χ0n) is 38.8. The maximum absolute atomic E-state index is 14.5. The standard InChI is InChI=1S/C50H53N5O11S.BrH/c1-49(2,3)65-47(60)52-40-44(58)55-41(46(59)64-42(32-14-10-8-11-15-32)33-16-12-9-13-17-33)35(30-67-45(40)55)26-34-22-25-54(43(34)57)28-31-20-23-53(24-21-31)29-39(56)51-36-18-19-37(38(27-36)62-7)63-48(61)66-50(4,5)6;/h8-21,23-24,26-27,40,42,45H,22,25,28-30H2,1-7H3,(H-,51,52,56,60);1H. The van der Waals surface area contributed by atoms with Crippen molar-refractivity contribution in [1.82, 2.24) is 15.1 Å². The van der Waals surface area contributed by atoms with E-state index in [4.69, 9.17) is 23.7 Å². The molecule has 2 atom stereocenters. The third-order valence-electron chi connectivity index (χ3n) is 10.5. The number of fused-ring (bicyclic) bond motifs is 1. The zero-order chi connectivity index (χ0) is 48.0. The second kappa shape index (κ2) is 21.5. The number of nitrogens with zero attached hydrogens (tertiary/aromatic N) is 3. The van der Waals surface area contributed by atoms with Gasteiger partial charge in [0.1, 0.15) is 28.3 Å². The number of ether oxygens (including phenoxy) is 5. The van der Waals surface area contributed by atoms with Crippen molar-refractivity contribution < 1.29 is 74.0 Å². The molecule has 4 amide bonds. The van der Waals surface area contributed by atoms with Crippen LogP contribution in [-0.4, -0.2) is 87.8 Å². The summed E-state index contributed by atoms with van der Waals surface area (Å²) >= 11 is 1.37. The van der Waals surface area contributed by atoms with E-state index < -0.39 is 52.8 Å². The van der Waals surface area contributed by atoms with E-state index in [2.05, 4.69) is 10.6 Å². The number of carbonyl (C=O) groups excluding carboxylic acids is 6. The molecule has 68 heavy (non-hydrogen) atoms. The molecule has 0 radical (unpaired) electrons. The zero-order valence-corrected chi connectivity index (χ0v) is 41.2. The summed E-state index contributed by atoms with van der Waals surface area (Å²) in [6, 6.07) is 25.9. The van der Waals surface area contributed by atoms with Gasteiger partial charge in [-0.15, -0.1) is 11.8 Å². The van der Waals surface area contributed by atoms with Gasteiger partial charge in [-0.2, -0.15) is 4.57 Å². The fraction of sp³-hybridized carbons (Fsp3) is 0.340. The number of benzene rings is 3. The van der Waals surface area contributed by atoms with Gasteiger partial charge in [0.25, 0.3) is 11.8 Å². The van der Waals surface area contributed by atoms with E-state index >= 15 is 0 Å². The van der Waals surface area contributed by atoms with Crippen LogP contribution in [-0.2, 0) is 46.5 Å². The first-order valence-corrected chi connectivity index (χ1v) is 22.8. The van der Waals surface area contributed by atoms with Crippen LogP contribution in [0.15, 0.2) is 126 Å². The molecule has 3 aliphatic heterocycles. The Hall–Kier alpha value is -6.66. The van der Waals surface area contributed by atoms with Gasteiger partial charge in [-0.25, -0.2) is 14.4 Å². The fourth-order valence-corrected chi connectivity index (χ4v) is 8.87. The van der Waals surface area contributed by atoms with Gasteiger partial charge < -0.3 is 56.2 Å². The first-order valence-electron chi connectivity index (χ1n) is 21.7. The van der Waals surface area contributed by atoms with Crippen LogP contribution in [0.3, 0.4) is 0 Å². The van der Waals surface area contributed by atoms with Crippen LogP contribution in [0.2, 0.25) is 0 Å². The van der Waals surface area contributed by atoms with E-state index in [1.165, 1.54) is 35.9 Å². The van der Waals surface area contributed by atoms with Gasteiger partial charge in [-0.05, 0) is 88.4 Å². The summed E-state index contributed by atoms with van der Waals surface area (Å²) in [7, 11) is 1.42. The van der Waals surface area contributed by atoms with Crippen LogP contribution in [0.25, 0.3) is 0 Å². The number of nitrogens with one attached hydrogen (secondary N) is 2. The Morgan fingerprint density at radius 3 is 2.09 bits per heavy atom. The Balaban J connectivity index is 0.00000761. The lowest BCUT2D eigenvalue weighted by atomic mass is 10.00. The number of aromatic nitrogens is 1. The second-order valence-electron chi connectivity index (χ2n) is 18.0. The number of carbonyl (C=O) groups is 6. The van der Waals surface area contributed by atoms with E-state index in [0.29, 0.717) is 36.3 Å². The van der Waals surface area contributed by atoms with Crippen LogP contribution in [0.1, 0.15) is 70.8 Å². The summed E-state index contributed by atoms with van der Waals surface area (Å²) in [5.41, 5.74) is 2.16. The van der Waals surface area contributed by atoms with Gasteiger partial charge in [-0.1, -0.05) is 60.7 Å². The van der Waals surface area contributed by atoms with Gasteiger partial charge in [0.15, 0.2) is 30.0 Å². The molecule has 2 unspecified atom stereocenters. The molecule has 3 aromatic carbocycles. The van der Waals surface area contributed by atoms with Crippen molar-refractivity contribution in [3.05, 3.63) is 143 Å². The number of rotatable bonds is 13. The van der Waals surface area contributed by atoms with Gasteiger partial charge >= 0.3 is 18.2 Å². The monoisotopic (exact) mass is 1010 g/mol. The number of amides is 4. The number of hydrogen-bond donors (Lipinski definition) is 2. The molecule has 0 saturated carbocycles. The molecule has 2 saturated heterocycles. The lowest BCUT2D eigenvalue weighted by Gasteiger charge is -2.49. The molecule has 4 aromatic rings. The highest BCUT2D eigenvalue weighted by molar-refractivity contribution is 8.00. The van der Waals surface area contributed by atoms with Gasteiger partial charge in [0, 0.05) is 48.3 Å². The fourth-order valence-electron chi connectivity index (χ4n) is 7.56. The molecule has 0 spiro atoms. The van der Waals surface area contributed by atoms with Crippen molar-refractivity contribution in [2.75, 3.05) is 24.7 Å². The first-order chi connectivity index (χ1) is 31.9.